The van der Waals surface area contributed by atoms with Crippen molar-refractivity contribution in [3.63, 3.8) is 0 Å². The van der Waals surface area contributed by atoms with Crippen molar-refractivity contribution in [1.82, 2.24) is 19.5 Å². The summed E-state index contributed by atoms with van der Waals surface area (Å²) in [5.41, 5.74) is 8.25. The highest BCUT2D eigenvalue weighted by Gasteiger charge is 2.50. The van der Waals surface area contributed by atoms with Crippen molar-refractivity contribution in [2.45, 2.75) is 49.1 Å². The van der Waals surface area contributed by atoms with Crippen molar-refractivity contribution in [3.8, 4) is 0 Å². The summed E-state index contributed by atoms with van der Waals surface area (Å²) in [6.45, 7) is -1.05. The number of carbonyl (C=O) groups excluding carboxylic acids is 1. The zero-order chi connectivity index (χ0) is 37.6. The van der Waals surface area contributed by atoms with Gasteiger partial charge in [-0.2, -0.15) is 8.88 Å². The number of nitrogens with two attached hydrogens (primary N) is 2. The molecule has 5 rings (SSSR count). The van der Waals surface area contributed by atoms with Crippen molar-refractivity contribution >= 4 is 38.5 Å². The number of imidazole rings is 1. The van der Waals surface area contributed by atoms with Crippen LogP contribution in [0.2, 0.25) is 0 Å². The van der Waals surface area contributed by atoms with Gasteiger partial charge < -0.3 is 55.0 Å². The first-order valence-electron chi connectivity index (χ1n) is 15.2. The average molecular weight is 784 g/mol. The van der Waals surface area contributed by atoms with Gasteiger partial charge >= 0.3 is 15.6 Å². The Hall–Kier alpha value is -3.17. The Bertz CT molecular complexity index is 1770. The number of anilines is 1. The van der Waals surface area contributed by atoms with Crippen LogP contribution >= 0.6 is 15.6 Å². The van der Waals surface area contributed by atoms with Gasteiger partial charge in [0.05, 0.1) is 46.0 Å². The third-order valence-electron chi connectivity index (χ3n) is 7.56. The Morgan fingerprint density at radius 1 is 0.942 bits per heavy atom. The molecule has 0 aliphatic carbocycles. The topological polar surface area (TPSA) is 358 Å². The smallest absolute Gasteiger partial charge is 0.387 e. The molecule has 288 valence electrons. The molecular formula is C25H37N8O17P2+. The third-order valence-corrected chi connectivity index (χ3v) is 10.2. The lowest BCUT2D eigenvalue weighted by atomic mass is 10.1. The van der Waals surface area contributed by atoms with E-state index in [1.807, 2.05) is 0 Å². The number of pyridine rings is 1. The molecule has 5 heterocycles. The standard InChI is InChI=1S/C25H36N8O17P2/c26-21(38)13-2-1-3-32(8-13)24-19(36)17(34)14(48-24)9-46-51(39,40)50-52(41,42)47-10-15-18(35)20(37)25(49-15)33-12-30-16-22(28-11-29-23(16)33)31-45-7-5-43-4-6-44-27/h1-3,8,11-12,14-15,17-20,24-25,34-37H,4-7,9-10,27H2,(H4-,26,28,29,31,38,39,40,41,42)/p+1/t14-,15+,17+,18?,19?,20-,24-,25+/m1/s1. The van der Waals surface area contributed by atoms with E-state index in [1.54, 1.807) is 0 Å². The third kappa shape index (κ3) is 9.67. The highest BCUT2D eigenvalue weighted by molar-refractivity contribution is 7.61. The number of carbonyl (C=O) groups is 1. The molecule has 2 fully saturated rings. The van der Waals surface area contributed by atoms with Crippen LogP contribution in [0.4, 0.5) is 5.82 Å². The van der Waals surface area contributed by atoms with Crippen molar-refractivity contribution in [2.24, 2.45) is 11.6 Å². The number of primary amides is 1. The highest BCUT2D eigenvalue weighted by Crippen LogP contribution is 2.60. The maximum atomic E-state index is 12.6. The normalized spacial score (nSPS) is 28.5. The first kappa shape index (κ1) is 40.0. The van der Waals surface area contributed by atoms with Crippen molar-refractivity contribution in [2.75, 3.05) is 45.1 Å². The molecule has 0 radical (unpaired) electrons. The van der Waals surface area contributed by atoms with E-state index in [1.165, 1.54) is 40.0 Å². The van der Waals surface area contributed by atoms with E-state index >= 15 is 0 Å². The summed E-state index contributed by atoms with van der Waals surface area (Å²) < 4.78 is 57.8. The second-order valence-electron chi connectivity index (χ2n) is 11.1. The number of nitrogens with one attached hydrogen (secondary N) is 1. The molecule has 25 nitrogen and oxygen atoms in total. The van der Waals surface area contributed by atoms with Gasteiger partial charge in [-0.3, -0.25) is 23.2 Å². The maximum absolute atomic E-state index is 12.6. The summed E-state index contributed by atoms with van der Waals surface area (Å²) in [7, 11) is -10.8. The molecule has 1 amide bonds. The maximum Gasteiger partial charge on any atom is 0.481 e. The molecule has 2 aliphatic heterocycles. The van der Waals surface area contributed by atoms with Crippen LogP contribution in [0.15, 0.2) is 37.2 Å². The van der Waals surface area contributed by atoms with E-state index in [0.717, 1.165) is 6.33 Å². The van der Waals surface area contributed by atoms with Crippen LogP contribution in [0.3, 0.4) is 0 Å². The zero-order valence-electron chi connectivity index (χ0n) is 26.8. The highest BCUT2D eigenvalue weighted by atomic mass is 31.3. The fraction of sp³-hybridized carbons (Fsp3) is 0.560. The van der Waals surface area contributed by atoms with Gasteiger partial charge in [-0.1, -0.05) is 0 Å². The lowest BCUT2D eigenvalue weighted by Gasteiger charge is -2.20. The minimum absolute atomic E-state index is 0.0621. The molecule has 2 saturated heterocycles. The number of rotatable bonds is 19. The van der Waals surface area contributed by atoms with E-state index in [-0.39, 0.29) is 49.0 Å². The molecule has 0 saturated carbocycles. The van der Waals surface area contributed by atoms with E-state index in [9.17, 15) is 44.1 Å². The number of aliphatic hydroxyl groups is 4. The summed E-state index contributed by atoms with van der Waals surface area (Å²) in [4.78, 5) is 53.8. The number of nitrogens with zero attached hydrogens (tertiary/aromatic N) is 5. The fourth-order valence-corrected chi connectivity index (χ4v) is 7.15. The van der Waals surface area contributed by atoms with Gasteiger partial charge in [-0.15, -0.1) is 0 Å². The number of aliphatic hydroxyl groups excluding tert-OH is 4. The van der Waals surface area contributed by atoms with Crippen molar-refractivity contribution in [1.29, 1.82) is 0 Å². The summed E-state index contributed by atoms with van der Waals surface area (Å²) in [5.74, 6) is 4.29. The van der Waals surface area contributed by atoms with Crippen LogP contribution in [0, 0.1) is 0 Å². The SMILES string of the molecule is NOCCOCCONc1ncnc2c1ncn2[C@H]1O[C@@H](COP(=O)(O)OP(=O)(O)OC[C@H]2O[C@@H]([n+]3cccc(C(N)=O)c3)C(O)[C@H]2O)C(O)[C@H]1O. The fourth-order valence-electron chi connectivity index (χ4n) is 5.06. The Kier molecular flexibility index (Phi) is 13.3. The Morgan fingerprint density at radius 3 is 2.31 bits per heavy atom. The molecular weight excluding hydrogens is 746 g/mol. The number of phosphoric ester groups is 2. The molecule has 0 spiro atoms. The lowest BCUT2D eigenvalue weighted by molar-refractivity contribution is -0.765. The second-order valence-corrected chi connectivity index (χ2v) is 14.1. The monoisotopic (exact) mass is 783 g/mol. The van der Waals surface area contributed by atoms with Gasteiger partial charge in [-0.05, 0) is 6.07 Å². The van der Waals surface area contributed by atoms with Gasteiger partial charge in [0, 0.05) is 6.07 Å². The van der Waals surface area contributed by atoms with E-state index in [0.29, 0.717) is 0 Å². The Balaban J connectivity index is 1.13. The van der Waals surface area contributed by atoms with Crippen molar-refractivity contribution in [3.05, 3.63) is 42.7 Å². The van der Waals surface area contributed by atoms with Crippen LogP contribution in [-0.2, 0) is 46.4 Å². The largest absolute Gasteiger partial charge is 0.481 e. The minimum atomic E-state index is -5.42. The van der Waals surface area contributed by atoms with Crippen molar-refractivity contribution < 1.29 is 85.9 Å². The predicted molar refractivity (Wildman–Crippen MR) is 165 cm³/mol. The Labute approximate surface area is 292 Å². The van der Waals surface area contributed by atoms with Gasteiger partial charge in [0.15, 0.2) is 41.7 Å². The van der Waals surface area contributed by atoms with Gasteiger partial charge in [-0.25, -0.2) is 35.5 Å². The minimum Gasteiger partial charge on any atom is -0.387 e. The van der Waals surface area contributed by atoms with Gasteiger partial charge in [0.25, 0.3) is 12.1 Å². The molecule has 4 unspecified atom stereocenters. The summed E-state index contributed by atoms with van der Waals surface area (Å²) >= 11 is 0. The van der Waals surface area contributed by atoms with Crippen LogP contribution in [0.5, 0.6) is 0 Å². The van der Waals surface area contributed by atoms with Crippen LogP contribution in [0.1, 0.15) is 22.8 Å². The molecule has 11 N–H and O–H groups in total. The average Bonchev–Trinajstić information content (AvgIpc) is 3.75. The predicted octanol–water partition coefficient (Wildman–Crippen LogP) is -3.35. The molecule has 0 aromatic carbocycles. The molecule has 3 aromatic rings. The van der Waals surface area contributed by atoms with Crippen LogP contribution < -0.4 is 21.7 Å². The molecule has 27 heteroatoms. The summed E-state index contributed by atoms with van der Waals surface area (Å²) in [5, 5.41) is 42.1. The van der Waals surface area contributed by atoms with E-state index in [4.69, 9.17) is 39.7 Å². The summed E-state index contributed by atoms with van der Waals surface area (Å²) in [6.07, 6.45) is -7.09. The first-order chi connectivity index (χ1) is 24.7. The number of hydrogen-bond acceptors (Lipinski definition) is 20. The number of hydrogen-bond donors (Lipinski definition) is 9. The van der Waals surface area contributed by atoms with Crippen LogP contribution in [0.25, 0.3) is 11.2 Å². The van der Waals surface area contributed by atoms with E-state index in [2.05, 4.69) is 29.6 Å². The van der Waals surface area contributed by atoms with Gasteiger partial charge in [0.1, 0.15) is 42.4 Å². The number of amides is 1. The van der Waals surface area contributed by atoms with Gasteiger partial charge in [0.2, 0.25) is 0 Å². The number of aromatic nitrogens is 5. The quantitative estimate of drug-likeness (QED) is 0.0248. The number of phosphoric acid groups is 2. The number of fused-ring (bicyclic) bond motifs is 1. The molecule has 10 atom stereocenters. The molecule has 0 bridgehead atoms. The second kappa shape index (κ2) is 17.3. The lowest BCUT2D eigenvalue weighted by Crippen LogP contribution is -2.46. The summed E-state index contributed by atoms with van der Waals surface area (Å²) in [6, 6.07) is 2.83. The zero-order valence-corrected chi connectivity index (χ0v) is 28.6. The van der Waals surface area contributed by atoms with Crippen LogP contribution in [-0.4, -0.2) is 132 Å². The molecule has 2 aliphatic rings. The molecule has 3 aromatic heterocycles. The first-order valence-corrected chi connectivity index (χ1v) is 18.1. The number of ether oxygens (including phenoxy) is 3. The Morgan fingerprint density at radius 2 is 1.62 bits per heavy atom. The van der Waals surface area contributed by atoms with E-state index < -0.39 is 83.8 Å². The molecule has 52 heavy (non-hydrogen) atoms.